The minimum absolute atomic E-state index is 0. The van der Waals surface area contributed by atoms with Crippen LogP contribution in [0.3, 0.4) is 0 Å². The fourth-order valence-electron chi connectivity index (χ4n) is 4.82. The van der Waals surface area contributed by atoms with Crippen LogP contribution >= 0.6 is 23.7 Å². The number of halogens is 1. The molecule has 8 heteroatoms. The van der Waals surface area contributed by atoms with Gasteiger partial charge < -0.3 is 20.2 Å². The Kier molecular flexibility index (Phi) is 9.39. The zero-order chi connectivity index (χ0) is 27.7. The molecule has 2 aromatic carbocycles. The first-order valence-electron chi connectivity index (χ1n) is 13.2. The molecule has 3 N–H and O–H groups in total. The van der Waals surface area contributed by atoms with Gasteiger partial charge in [0.25, 0.3) is 0 Å². The second-order valence-electron chi connectivity index (χ2n) is 12.1. The van der Waals surface area contributed by atoms with E-state index in [4.69, 9.17) is 5.41 Å². The first kappa shape index (κ1) is 30.5. The minimum atomic E-state index is -0.218. The Morgan fingerprint density at radius 3 is 2.00 bits per heavy atom. The highest BCUT2D eigenvalue weighted by Crippen LogP contribution is 2.40. The molecule has 0 atom stereocenters. The van der Waals surface area contributed by atoms with Gasteiger partial charge in [0.2, 0.25) is 5.91 Å². The first-order chi connectivity index (χ1) is 17.8. The number of amidine groups is 1. The highest BCUT2D eigenvalue weighted by atomic mass is 35.5. The van der Waals surface area contributed by atoms with Crippen LogP contribution in [0.4, 0.5) is 11.4 Å². The van der Waals surface area contributed by atoms with Crippen LogP contribution in [0.25, 0.3) is 0 Å². The average Bonchev–Trinajstić information content (AvgIpc) is 3.39. The number of nitrogens with one attached hydrogen (secondary N) is 2. The normalized spacial score (nSPS) is 14.1. The number of rotatable bonds is 5. The van der Waals surface area contributed by atoms with E-state index in [1.807, 2.05) is 46.7 Å². The summed E-state index contributed by atoms with van der Waals surface area (Å²) in [5.41, 5.74) is 4.31. The molecule has 0 unspecified atom stereocenters. The largest absolute Gasteiger partial charge is 0.507 e. The van der Waals surface area contributed by atoms with Gasteiger partial charge >= 0.3 is 0 Å². The molecule has 210 valence electrons. The number of piperazine rings is 1. The molecule has 1 aromatic heterocycles. The minimum Gasteiger partial charge on any atom is -0.507 e. The van der Waals surface area contributed by atoms with Crippen LogP contribution < -0.4 is 10.2 Å². The van der Waals surface area contributed by atoms with Crippen molar-refractivity contribution in [2.75, 3.05) is 36.4 Å². The Balaban J connectivity index is 0.00000420. The monoisotopic (exact) mass is 568 g/mol. The van der Waals surface area contributed by atoms with Crippen LogP contribution in [0, 0.1) is 5.41 Å². The maximum Gasteiger partial charge on any atom is 0.227 e. The fourth-order valence-corrected chi connectivity index (χ4v) is 5.45. The molecule has 39 heavy (non-hydrogen) atoms. The molecular formula is C31H41ClN4O2S. The van der Waals surface area contributed by atoms with Gasteiger partial charge in [-0.25, -0.2) is 0 Å². The Labute approximate surface area is 243 Å². The second kappa shape index (κ2) is 12.0. The van der Waals surface area contributed by atoms with Gasteiger partial charge in [0.05, 0.1) is 11.3 Å². The Morgan fingerprint density at radius 2 is 1.51 bits per heavy atom. The molecule has 2 heterocycles. The molecule has 1 aliphatic heterocycles. The molecular weight excluding hydrogens is 528 g/mol. The zero-order valence-electron chi connectivity index (χ0n) is 23.8. The van der Waals surface area contributed by atoms with Crippen LogP contribution in [0.1, 0.15) is 63.1 Å². The van der Waals surface area contributed by atoms with E-state index >= 15 is 0 Å². The van der Waals surface area contributed by atoms with Crippen LogP contribution in [0.2, 0.25) is 0 Å². The van der Waals surface area contributed by atoms with Crippen molar-refractivity contribution >= 4 is 46.9 Å². The number of carbonyl (C=O) groups excluding carboxylic acids is 1. The molecule has 4 rings (SSSR count). The smallest absolute Gasteiger partial charge is 0.227 e. The van der Waals surface area contributed by atoms with Crippen molar-refractivity contribution in [2.24, 2.45) is 0 Å². The number of thiophene rings is 1. The van der Waals surface area contributed by atoms with E-state index in [1.54, 1.807) is 11.3 Å². The number of phenolic OH excluding ortho intramolecular Hbond substituents is 1. The van der Waals surface area contributed by atoms with Crippen LogP contribution in [0.5, 0.6) is 5.75 Å². The molecule has 1 saturated heterocycles. The third kappa shape index (κ3) is 7.34. The molecule has 0 radical (unpaired) electrons. The lowest BCUT2D eigenvalue weighted by Crippen LogP contribution is -2.49. The quantitative estimate of drug-likeness (QED) is 0.234. The zero-order valence-corrected chi connectivity index (χ0v) is 25.4. The summed E-state index contributed by atoms with van der Waals surface area (Å²) in [5.74, 6) is 0.874. The van der Waals surface area contributed by atoms with Crippen molar-refractivity contribution in [3.05, 3.63) is 75.5 Å². The summed E-state index contributed by atoms with van der Waals surface area (Å²) in [6.07, 6.45) is 0.336. The molecule has 6 nitrogen and oxygen atoms in total. The molecule has 3 aromatic rings. The molecule has 0 bridgehead atoms. The van der Waals surface area contributed by atoms with Crippen molar-refractivity contribution in [2.45, 2.75) is 58.8 Å². The summed E-state index contributed by atoms with van der Waals surface area (Å²) in [6.45, 7) is 15.5. The lowest BCUT2D eigenvalue weighted by Gasteiger charge is -2.36. The number of hydrogen-bond donors (Lipinski definition) is 3. The van der Waals surface area contributed by atoms with Gasteiger partial charge in [-0.3, -0.25) is 10.2 Å². The van der Waals surface area contributed by atoms with Crippen LogP contribution in [0.15, 0.2) is 53.9 Å². The number of hydrogen-bond acceptors (Lipinski definition) is 5. The standard InChI is InChI=1S/C31H40N4O2S.ClH/c1-30(2,3)24-18-21(19-25(28(24)37)31(4,5)6)20-27(36)35-15-13-34(14-16-35)23-11-9-22(10-12-23)33-29(32)26-8-7-17-38-26;/h7-12,17-19,37H,13-16,20H2,1-6H3,(H2,32,33);1H. The van der Waals surface area contributed by atoms with Gasteiger partial charge in [-0.05, 0) is 63.2 Å². The third-order valence-corrected chi connectivity index (χ3v) is 7.93. The predicted molar refractivity (Wildman–Crippen MR) is 166 cm³/mol. The second-order valence-corrected chi connectivity index (χ2v) is 13.1. The Hall–Kier alpha value is -3.03. The van der Waals surface area contributed by atoms with Gasteiger partial charge in [0, 0.05) is 37.6 Å². The van der Waals surface area contributed by atoms with Gasteiger partial charge in [-0.1, -0.05) is 59.7 Å². The van der Waals surface area contributed by atoms with Crippen molar-refractivity contribution in [1.82, 2.24) is 4.90 Å². The number of benzene rings is 2. The predicted octanol–water partition coefficient (Wildman–Crippen LogP) is 6.80. The summed E-state index contributed by atoms with van der Waals surface area (Å²) in [7, 11) is 0. The first-order valence-corrected chi connectivity index (χ1v) is 14.1. The maximum atomic E-state index is 13.3. The van der Waals surface area contributed by atoms with Crippen molar-refractivity contribution < 1.29 is 9.90 Å². The van der Waals surface area contributed by atoms with Gasteiger partial charge in [-0.15, -0.1) is 23.7 Å². The molecule has 0 spiro atoms. The number of nitrogens with zero attached hydrogens (tertiary/aromatic N) is 2. The lowest BCUT2D eigenvalue weighted by atomic mass is 9.78. The van der Waals surface area contributed by atoms with E-state index in [1.165, 1.54) is 0 Å². The number of amides is 1. The third-order valence-electron chi connectivity index (χ3n) is 7.04. The SMILES string of the molecule is CC(C)(C)c1cc(CC(=O)N2CCN(c3ccc(NC(=N)c4cccs4)cc3)CC2)cc(C(C)(C)C)c1O.Cl. The Morgan fingerprint density at radius 1 is 0.949 bits per heavy atom. The summed E-state index contributed by atoms with van der Waals surface area (Å²) in [6, 6.07) is 16.0. The Bertz CT molecular complexity index is 1250. The highest BCUT2D eigenvalue weighted by molar-refractivity contribution is 7.12. The molecule has 1 fully saturated rings. The van der Waals surface area contributed by atoms with Gasteiger partial charge in [0.15, 0.2) is 0 Å². The number of phenols is 1. The molecule has 0 saturated carbocycles. The van der Waals surface area contributed by atoms with E-state index in [9.17, 15) is 9.90 Å². The summed E-state index contributed by atoms with van der Waals surface area (Å²) in [5, 5.41) is 24.3. The molecule has 1 aliphatic rings. The van der Waals surface area contributed by atoms with E-state index in [-0.39, 0.29) is 29.1 Å². The summed E-state index contributed by atoms with van der Waals surface area (Å²) >= 11 is 1.54. The lowest BCUT2D eigenvalue weighted by molar-refractivity contribution is -0.130. The summed E-state index contributed by atoms with van der Waals surface area (Å²) in [4.78, 5) is 18.4. The molecule has 0 aliphatic carbocycles. The van der Waals surface area contributed by atoms with Crippen molar-refractivity contribution in [1.29, 1.82) is 5.41 Å². The van der Waals surface area contributed by atoms with E-state index < -0.39 is 0 Å². The van der Waals surface area contributed by atoms with E-state index in [0.717, 1.165) is 46.0 Å². The average molecular weight is 569 g/mol. The number of anilines is 2. The van der Waals surface area contributed by atoms with Gasteiger partial charge in [-0.2, -0.15) is 0 Å². The van der Waals surface area contributed by atoms with E-state index in [0.29, 0.717) is 31.1 Å². The summed E-state index contributed by atoms with van der Waals surface area (Å²) < 4.78 is 0. The molecule has 1 amide bonds. The van der Waals surface area contributed by atoms with E-state index in [2.05, 4.69) is 63.9 Å². The van der Waals surface area contributed by atoms with Gasteiger partial charge in [0.1, 0.15) is 11.6 Å². The topological polar surface area (TPSA) is 79.7 Å². The van der Waals surface area contributed by atoms with Crippen molar-refractivity contribution in [3.8, 4) is 5.75 Å². The number of carbonyl (C=O) groups is 1. The maximum absolute atomic E-state index is 13.3. The number of aromatic hydroxyl groups is 1. The van der Waals surface area contributed by atoms with Crippen LogP contribution in [-0.4, -0.2) is 47.9 Å². The fraction of sp³-hybridized carbons (Fsp3) is 0.419. The van der Waals surface area contributed by atoms with Crippen LogP contribution in [-0.2, 0) is 22.0 Å². The highest BCUT2D eigenvalue weighted by Gasteiger charge is 2.28. The van der Waals surface area contributed by atoms with Crippen molar-refractivity contribution in [3.63, 3.8) is 0 Å².